The van der Waals surface area contributed by atoms with Crippen LogP contribution < -0.4 is 5.73 Å². The zero-order valence-electron chi connectivity index (χ0n) is 11.9. The number of halogens is 1. The van der Waals surface area contributed by atoms with Gasteiger partial charge in [-0.3, -0.25) is 4.79 Å². The maximum Gasteiger partial charge on any atom is 0.252 e. The second-order valence-corrected chi connectivity index (χ2v) is 5.80. The van der Waals surface area contributed by atoms with Gasteiger partial charge < -0.3 is 15.4 Å². The molecule has 1 unspecified atom stereocenters. The van der Waals surface area contributed by atoms with Crippen molar-refractivity contribution in [1.82, 2.24) is 4.90 Å². The molecule has 108 valence electrons. The first-order valence-electron chi connectivity index (χ1n) is 6.41. The van der Waals surface area contributed by atoms with Gasteiger partial charge in [0.2, 0.25) is 0 Å². The lowest BCUT2D eigenvalue weighted by Crippen LogP contribution is -2.48. The Bertz CT molecular complexity index is 258. The van der Waals surface area contributed by atoms with Crippen molar-refractivity contribution in [1.29, 1.82) is 0 Å². The molecule has 4 nitrogen and oxygen atoms in total. The number of carbonyl (C=O) groups excluding carboxylic acids is 1. The van der Waals surface area contributed by atoms with Gasteiger partial charge in [0.05, 0.1) is 0 Å². The van der Waals surface area contributed by atoms with Crippen molar-refractivity contribution in [3.63, 3.8) is 0 Å². The van der Waals surface area contributed by atoms with Crippen LogP contribution in [0.1, 0.15) is 39.5 Å². The van der Waals surface area contributed by atoms with Crippen LogP contribution in [0.3, 0.4) is 0 Å². The van der Waals surface area contributed by atoms with Crippen LogP contribution >= 0.6 is 12.4 Å². The summed E-state index contributed by atoms with van der Waals surface area (Å²) in [6.45, 7) is 4.84. The minimum atomic E-state index is -0.491. The second kappa shape index (κ2) is 7.31. The van der Waals surface area contributed by atoms with Crippen molar-refractivity contribution in [2.24, 2.45) is 11.1 Å². The van der Waals surface area contributed by atoms with Crippen molar-refractivity contribution < 1.29 is 9.53 Å². The van der Waals surface area contributed by atoms with Gasteiger partial charge in [0.25, 0.3) is 5.91 Å². The van der Waals surface area contributed by atoms with Crippen molar-refractivity contribution in [3.8, 4) is 0 Å². The lowest BCUT2D eigenvalue weighted by molar-refractivity contribution is -0.143. The molecule has 0 radical (unpaired) electrons. The number of likely N-dealkylation sites (N-methyl/N-ethyl adjacent to an activating group) is 1. The van der Waals surface area contributed by atoms with Crippen LogP contribution in [0.2, 0.25) is 0 Å². The first-order valence-corrected chi connectivity index (χ1v) is 6.41. The average molecular weight is 279 g/mol. The van der Waals surface area contributed by atoms with Gasteiger partial charge in [-0.25, -0.2) is 0 Å². The van der Waals surface area contributed by atoms with Crippen LogP contribution in [0.5, 0.6) is 0 Å². The fraction of sp³-hybridized carbons (Fsp3) is 0.923. The molecule has 0 saturated heterocycles. The minimum Gasteiger partial charge on any atom is -0.370 e. The van der Waals surface area contributed by atoms with E-state index < -0.39 is 6.10 Å². The molecule has 1 aliphatic carbocycles. The molecule has 0 spiro atoms. The summed E-state index contributed by atoms with van der Waals surface area (Å²) in [5, 5.41) is 0. The summed E-state index contributed by atoms with van der Waals surface area (Å²) in [6, 6.07) is 0.347. The smallest absolute Gasteiger partial charge is 0.252 e. The Balaban J connectivity index is 0.00000289. The molecular weight excluding hydrogens is 252 g/mol. The predicted molar refractivity (Wildman–Crippen MR) is 75.9 cm³/mol. The summed E-state index contributed by atoms with van der Waals surface area (Å²) in [7, 11) is 3.40. The van der Waals surface area contributed by atoms with Crippen LogP contribution in [0.15, 0.2) is 0 Å². The van der Waals surface area contributed by atoms with Crippen molar-refractivity contribution in [2.45, 2.75) is 51.7 Å². The van der Waals surface area contributed by atoms with Gasteiger partial charge in [-0.05, 0) is 31.1 Å². The third-order valence-electron chi connectivity index (χ3n) is 3.98. The number of hydrogen-bond donors (Lipinski definition) is 1. The third-order valence-corrected chi connectivity index (χ3v) is 3.98. The van der Waals surface area contributed by atoms with Crippen LogP contribution in [0.25, 0.3) is 0 Å². The van der Waals surface area contributed by atoms with Crippen LogP contribution in [0, 0.1) is 5.41 Å². The molecule has 1 aliphatic rings. The molecule has 0 aromatic rings. The van der Waals surface area contributed by atoms with Crippen LogP contribution in [0.4, 0.5) is 0 Å². The Labute approximate surface area is 117 Å². The largest absolute Gasteiger partial charge is 0.370 e. The molecular formula is C13H27ClN2O2. The van der Waals surface area contributed by atoms with E-state index in [0.717, 1.165) is 12.8 Å². The standard InChI is InChI=1S/C13H26N2O2.ClH/c1-13(2)7-5-10(6-8-13)15(3)12(16)11(9-14)17-4;/h10-11H,5-9,14H2,1-4H3;1H. The van der Waals surface area contributed by atoms with Gasteiger partial charge in [-0.1, -0.05) is 13.8 Å². The molecule has 18 heavy (non-hydrogen) atoms. The summed E-state index contributed by atoms with van der Waals surface area (Å²) in [5.41, 5.74) is 5.95. The normalized spacial score (nSPS) is 20.9. The molecule has 1 amide bonds. The Morgan fingerprint density at radius 1 is 1.44 bits per heavy atom. The van der Waals surface area contributed by atoms with Crippen molar-refractivity contribution >= 4 is 18.3 Å². The van der Waals surface area contributed by atoms with Crippen LogP contribution in [-0.4, -0.2) is 43.7 Å². The number of hydrogen-bond acceptors (Lipinski definition) is 3. The van der Waals surface area contributed by atoms with Gasteiger partial charge in [0.15, 0.2) is 0 Å². The molecule has 0 aliphatic heterocycles. The highest BCUT2D eigenvalue weighted by Gasteiger charge is 2.32. The highest BCUT2D eigenvalue weighted by molar-refractivity contribution is 5.85. The summed E-state index contributed by atoms with van der Waals surface area (Å²) in [5.74, 6) is 0.0136. The third kappa shape index (κ3) is 4.41. The van der Waals surface area contributed by atoms with E-state index in [4.69, 9.17) is 10.5 Å². The molecule has 1 fully saturated rings. The quantitative estimate of drug-likeness (QED) is 0.853. The molecule has 0 aromatic heterocycles. The maximum absolute atomic E-state index is 12.1. The van der Waals surface area contributed by atoms with Gasteiger partial charge >= 0.3 is 0 Å². The molecule has 0 heterocycles. The number of ether oxygens (including phenoxy) is 1. The number of amides is 1. The van der Waals surface area contributed by atoms with E-state index in [2.05, 4.69) is 13.8 Å². The number of carbonyl (C=O) groups is 1. The first kappa shape index (κ1) is 17.7. The molecule has 5 heteroatoms. The maximum atomic E-state index is 12.1. The zero-order chi connectivity index (χ0) is 13.1. The molecule has 0 aromatic carbocycles. The predicted octanol–water partition coefficient (Wildman–Crippen LogP) is 1.81. The number of nitrogens with two attached hydrogens (primary N) is 1. The second-order valence-electron chi connectivity index (χ2n) is 5.80. The van der Waals surface area contributed by atoms with Gasteiger partial charge in [0.1, 0.15) is 6.10 Å². The van der Waals surface area contributed by atoms with E-state index >= 15 is 0 Å². The summed E-state index contributed by atoms with van der Waals surface area (Å²) in [6.07, 6.45) is 4.02. The fourth-order valence-electron chi connectivity index (χ4n) is 2.48. The Hall–Kier alpha value is -0.320. The Kier molecular flexibility index (Phi) is 7.18. The van der Waals surface area contributed by atoms with Gasteiger partial charge in [-0.15, -0.1) is 12.4 Å². The van der Waals surface area contributed by atoms with Crippen molar-refractivity contribution in [3.05, 3.63) is 0 Å². The highest BCUT2D eigenvalue weighted by Crippen LogP contribution is 2.36. The van der Waals surface area contributed by atoms with Crippen LogP contribution in [-0.2, 0) is 9.53 Å². The molecule has 1 saturated carbocycles. The SMILES string of the molecule is COC(CN)C(=O)N(C)C1CCC(C)(C)CC1.Cl. The average Bonchev–Trinajstić information content (AvgIpc) is 2.29. The number of rotatable bonds is 4. The van der Waals surface area contributed by atoms with Gasteiger partial charge in [-0.2, -0.15) is 0 Å². The van der Waals surface area contributed by atoms with E-state index in [1.807, 2.05) is 11.9 Å². The lowest BCUT2D eigenvalue weighted by Gasteiger charge is -2.39. The van der Waals surface area contributed by atoms with E-state index in [0.29, 0.717) is 11.5 Å². The number of nitrogens with zero attached hydrogens (tertiary/aromatic N) is 1. The summed E-state index contributed by atoms with van der Waals surface area (Å²) in [4.78, 5) is 13.9. The summed E-state index contributed by atoms with van der Waals surface area (Å²) < 4.78 is 5.10. The van der Waals surface area contributed by atoms with E-state index in [-0.39, 0.29) is 24.9 Å². The minimum absolute atomic E-state index is 0. The topological polar surface area (TPSA) is 55.6 Å². The van der Waals surface area contributed by atoms with E-state index in [1.54, 1.807) is 0 Å². The highest BCUT2D eigenvalue weighted by atomic mass is 35.5. The number of methoxy groups -OCH3 is 1. The summed E-state index contributed by atoms with van der Waals surface area (Å²) >= 11 is 0. The lowest BCUT2D eigenvalue weighted by atomic mass is 9.75. The molecule has 2 N–H and O–H groups in total. The van der Waals surface area contributed by atoms with Gasteiger partial charge in [0, 0.05) is 26.7 Å². The zero-order valence-corrected chi connectivity index (χ0v) is 12.8. The Morgan fingerprint density at radius 3 is 2.33 bits per heavy atom. The van der Waals surface area contributed by atoms with Crippen molar-refractivity contribution in [2.75, 3.05) is 20.7 Å². The van der Waals surface area contributed by atoms with E-state index in [9.17, 15) is 4.79 Å². The Morgan fingerprint density at radius 2 is 1.94 bits per heavy atom. The molecule has 0 bridgehead atoms. The fourth-order valence-corrected chi connectivity index (χ4v) is 2.48. The first-order chi connectivity index (χ1) is 7.91. The molecule has 1 rings (SSSR count). The van der Waals surface area contributed by atoms with E-state index in [1.165, 1.54) is 20.0 Å². The molecule has 1 atom stereocenters. The monoisotopic (exact) mass is 278 g/mol.